The molecule has 0 spiro atoms. The van der Waals surface area contributed by atoms with Gasteiger partial charge in [0.2, 0.25) is 0 Å². The van der Waals surface area contributed by atoms with E-state index in [2.05, 4.69) is 61.6 Å². The number of rotatable bonds is 5. The standard InChI is InChI=1S/C16H21NS/c1-12(2)18-11-16(17-3)15-10-6-8-13-7-4-5-9-14(13)15/h4-10,12,16-17H,11H2,1-3H3. The summed E-state index contributed by atoms with van der Waals surface area (Å²) >= 11 is 2.00. The number of hydrogen-bond acceptors (Lipinski definition) is 2. The molecule has 96 valence electrons. The molecule has 0 aliphatic rings. The maximum absolute atomic E-state index is 3.45. The molecule has 2 heteroatoms. The Morgan fingerprint density at radius 1 is 1.06 bits per heavy atom. The van der Waals surface area contributed by atoms with Gasteiger partial charge in [0.1, 0.15) is 0 Å². The van der Waals surface area contributed by atoms with Gasteiger partial charge in [-0.05, 0) is 28.6 Å². The molecule has 1 N–H and O–H groups in total. The average Bonchev–Trinajstić information content (AvgIpc) is 2.39. The fourth-order valence-corrected chi connectivity index (χ4v) is 3.10. The topological polar surface area (TPSA) is 12.0 Å². The van der Waals surface area contributed by atoms with Crippen molar-refractivity contribution in [1.82, 2.24) is 5.32 Å². The van der Waals surface area contributed by atoms with Crippen LogP contribution < -0.4 is 5.32 Å². The highest BCUT2D eigenvalue weighted by Gasteiger charge is 2.12. The minimum atomic E-state index is 0.420. The van der Waals surface area contributed by atoms with Crippen molar-refractivity contribution in [2.75, 3.05) is 12.8 Å². The van der Waals surface area contributed by atoms with Gasteiger partial charge in [0.15, 0.2) is 0 Å². The predicted octanol–water partition coefficient (Wildman–Crippen LogP) is 4.24. The summed E-state index contributed by atoms with van der Waals surface area (Å²) in [4.78, 5) is 0. The van der Waals surface area contributed by atoms with Crippen molar-refractivity contribution >= 4 is 22.5 Å². The highest BCUT2D eigenvalue weighted by atomic mass is 32.2. The monoisotopic (exact) mass is 259 g/mol. The summed E-state index contributed by atoms with van der Waals surface area (Å²) in [5, 5.41) is 6.81. The molecule has 0 bridgehead atoms. The van der Waals surface area contributed by atoms with Crippen LogP contribution in [0.25, 0.3) is 10.8 Å². The van der Waals surface area contributed by atoms with E-state index in [0.717, 1.165) is 5.75 Å². The number of nitrogens with one attached hydrogen (secondary N) is 1. The third-order valence-corrected chi connectivity index (χ3v) is 4.34. The lowest BCUT2D eigenvalue weighted by Gasteiger charge is -2.19. The van der Waals surface area contributed by atoms with Crippen LogP contribution in [0.15, 0.2) is 42.5 Å². The fraction of sp³-hybridized carbons (Fsp3) is 0.375. The van der Waals surface area contributed by atoms with Gasteiger partial charge in [-0.2, -0.15) is 11.8 Å². The Kier molecular flexibility index (Phi) is 4.67. The molecule has 0 amide bonds. The van der Waals surface area contributed by atoms with Crippen molar-refractivity contribution < 1.29 is 0 Å². The largest absolute Gasteiger partial charge is 0.312 e. The molecule has 0 aliphatic heterocycles. The summed E-state index contributed by atoms with van der Waals surface area (Å²) < 4.78 is 0. The van der Waals surface area contributed by atoms with Crippen LogP contribution in [-0.2, 0) is 0 Å². The molecule has 1 atom stereocenters. The van der Waals surface area contributed by atoms with Gasteiger partial charge in [0, 0.05) is 11.8 Å². The molecule has 1 nitrogen and oxygen atoms in total. The van der Waals surface area contributed by atoms with E-state index in [1.54, 1.807) is 0 Å². The van der Waals surface area contributed by atoms with Gasteiger partial charge < -0.3 is 5.32 Å². The van der Waals surface area contributed by atoms with Gasteiger partial charge in [-0.1, -0.05) is 56.3 Å². The van der Waals surface area contributed by atoms with Crippen LogP contribution in [0, 0.1) is 0 Å². The summed E-state index contributed by atoms with van der Waals surface area (Å²) in [6.07, 6.45) is 0. The first-order valence-corrected chi connectivity index (χ1v) is 7.53. The Morgan fingerprint density at radius 3 is 2.50 bits per heavy atom. The van der Waals surface area contributed by atoms with Crippen LogP contribution in [-0.4, -0.2) is 18.1 Å². The van der Waals surface area contributed by atoms with Crippen molar-refractivity contribution in [3.05, 3.63) is 48.0 Å². The highest BCUT2D eigenvalue weighted by molar-refractivity contribution is 7.99. The molecule has 0 radical (unpaired) electrons. The molecule has 0 aromatic heterocycles. The van der Waals surface area contributed by atoms with Crippen molar-refractivity contribution in [2.45, 2.75) is 25.1 Å². The van der Waals surface area contributed by atoms with Crippen molar-refractivity contribution in [3.8, 4) is 0 Å². The number of fused-ring (bicyclic) bond motifs is 1. The molecule has 0 aliphatic carbocycles. The van der Waals surface area contributed by atoms with E-state index in [1.807, 2.05) is 18.8 Å². The van der Waals surface area contributed by atoms with E-state index >= 15 is 0 Å². The van der Waals surface area contributed by atoms with E-state index in [9.17, 15) is 0 Å². The Balaban J connectivity index is 2.32. The third kappa shape index (κ3) is 3.06. The summed E-state index contributed by atoms with van der Waals surface area (Å²) in [7, 11) is 2.05. The van der Waals surface area contributed by atoms with Crippen molar-refractivity contribution in [3.63, 3.8) is 0 Å². The third-order valence-electron chi connectivity index (χ3n) is 3.14. The van der Waals surface area contributed by atoms with Gasteiger partial charge in [-0.15, -0.1) is 0 Å². The van der Waals surface area contributed by atoms with E-state index in [-0.39, 0.29) is 0 Å². The first-order chi connectivity index (χ1) is 8.72. The summed E-state index contributed by atoms with van der Waals surface area (Å²) in [6, 6.07) is 15.6. The van der Waals surface area contributed by atoms with Crippen LogP contribution in [0.4, 0.5) is 0 Å². The fourth-order valence-electron chi connectivity index (χ4n) is 2.17. The lowest BCUT2D eigenvalue weighted by atomic mass is 10.00. The minimum absolute atomic E-state index is 0.420. The number of benzene rings is 2. The molecular weight excluding hydrogens is 238 g/mol. The first-order valence-electron chi connectivity index (χ1n) is 6.49. The molecule has 2 rings (SSSR count). The maximum atomic E-state index is 3.45. The Hall–Kier alpha value is -0.990. The Bertz CT molecular complexity index is 502. The maximum Gasteiger partial charge on any atom is 0.0415 e. The van der Waals surface area contributed by atoms with Crippen LogP contribution in [0.2, 0.25) is 0 Å². The number of hydrogen-bond donors (Lipinski definition) is 1. The van der Waals surface area contributed by atoms with Gasteiger partial charge in [0.25, 0.3) is 0 Å². The molecule has 0 fully saturated rings. The second kappa shape index (κ2) is 6.26. The quantitative estimate of drug-likeness (QED) is 0.862. The molecular formula is C16H21NS. The molecule has 2 aromatic rings. The molecule has 2 aromatic carbocycles. The first kappa shape index (κ1) is 13.4. The lowest BCUT2D eigenvalue weighted by molar-refractivity contribution is 0.666. The summed E-state index contributed by atoms with van der Waals surface area (Å²) in [5.41, 5.74) is 1.41. The van der Waals surface area contributed by atoms with Gasteiger partial charge in [-0.25, -0.2) is 0 Å². The number of thioether (sulfide) groups is 1. The van der Waals surface area contributed by atoms with Gasteiger partial charge >= 0.3 is 0 Å². The van der Waals surface area contributed by atoms with Crippen LogP contribution >= 0.6 is 11.8 Å². The predicted molar refractivity (Wildman–Crippen MR) is 83.3 cm³/mol. The summed E-state index contributed by atoms with van der Waals surface area (Å²) in [6.45, 7) is 4.50. The molecule has 0 saturated heterocycles. The zero-order chi connectivity index (χ0) is 13.0. The highest BCUT2D eigenvalue weighted by Crippen LogP contribution is 2.27. The normalized spacial score (nSPS) is 13.1. The molecule has 1 unspecified atom stereocenters. The lowest BCUT2D eigenvalue weighted by Crippen LogP contribution is -2.19. The van der Waals surface area contributed by atoms with Gasteiger partial charge in [0.05, 0.1) is 0 Å². The van der Waals surface area contributed by atoms with Crippen LogP contribution in [0.3, 0.4) is 0 Å². The Morgan fingerprint density at radius 2 is 1.78 bits per heavy atom. The van der Waals surface area contributed by atoms with E-state index in [4.69, 9.17) is 0 Å². The summed E-state index contributed by atoms with van der Waals surface area (Å²) in [5.74, 6) is 1.11. The minimum Gasteiger partial charge on any atom is -0.312 e. The second-order valence-corrected chi connectivity index (χ2v) is 6.40. The van der Waals surface area contributed by atoms with Crippen molar-refractivity contribution in [1.29, 1.82) is 0 Å². The average molecular weight is 259 g/mol. The Labute approximate surface area is 114 Å². The molecule has 0 saturated carbocycles. The molecule has 18 heavy (non-hydrogen) atoms. The SMILES string of the molecule is CNC(CSC(C)C)c1cccc2ccccc12. The zero-order valence-corrected chi connectivity index (χ0v) is 12.1. The molecule has 0 heterocycles. The smallest absolute Gasteiger partial charge is 0.0415 e. The van der Waals surface area contributed by atoms with E-state index < -0.39 is 0 Å². The van der Waals surface area contributed by atoms with Gasteiger partial charge in [-0.3, -0.25) is 0 Å². The van der Waals surface area contributed by atoms with Crippen molar-refractivity contribution in [2.24, 2.45) is 0 Å². The van der Waals surface area contributed by atoms with E-state index in [0.29, 0.717) is 11.3 Å². The van der Waals surface area contributed by atoms with Crippen LogP contribution in [0.1, 0.15) is 25.5 Å². The second-order valence-electron chi connectivity index (χ2n) is 4.79. The zero-order valence-electron chi connectivity index (χ0n) is 11.3. The van der Waals surface area contributed by atoms with E-state index in [1.165, 1.54) is 16.3 Å². The van der Waals surface area contributed by atoms with Crippen LogP contribution in [0.5, 0.6) is 0 Å².